The number of nitrogens with zero attached hydrogens (tertiary/aromatic N) is 1. The molecule has 2 aliphatic rings. The van der Waals surface area contributed by atoms with Crippen molar-refractivity contribution in [2.45, 2.75) is 39.2 Å². The number of hydrogen-bond donors (Lipinski definition) is 1. The molecule has 1 atom stereocenters. The molecule has 1 saturated heterocycles. The first-order chi connectivity index (χ1) is 10.1. The van der Waals surface area contributed by atoms with Crippen LogP contribution in [0.2, 0.25) is 0 Å². The summed E-state index contributed by atoms with van der Waals surface area (Å²) in [5.41, 5.74) is 2.25. The van der Waals surface area contributed by atoms with E-state index in [1.165, 1.54) is 18.4 Å². The summed E-state index contributed by atoms with van der Waals surface area (Å²) in [5, 5.41) is 3.40. The van der Waals surface area contributed by atoms with E-state index in [1.807, 2.05) is 17.9 Å². The van der Waals surface area contributed by atoms with E-state index in [2.05, 4.69) is 17.4 Å². The predicted octanol–water partition coefficient (Wildman–Crippen LogP) is 2.36. The summed E-state index contributed by atoms with van der Waals surface area (Å²) in [7, 11) is 0. The minimum atomic E-state index is 0.0525. The summed E-state index contributed by atoms with van der Waals surface area (Å²) in [6.45, 7) is 6.51. The molecule has 1 fully saturated rings. The van der Waals surface area contributed by atoms with Gasteiger partial charge in [-0.25, -0.2) is 0 Å². The Labute approximate surface area is 126 Å². The minimum absolute atomic E-state index is 0.0525. The maximum absolute atomic E-state index is 11.9. The monoisotopic (exact) mass is 288 g/mol. The van der Waals surface area contributed by atoms with Crippen molar-refractivity contribution < 1.29 is 9.53 Å². The second kappa shape index (κ2) is 6.06. The van der Waals surface area contributed by atoms with Gasteiger partial charge >= 0.3 is 0 Å². The average Bonchev–Trinajstić information content (AvgIpc) is 2.47. The van der Waals surface area contributed by atoms with E-state index in [0.29, 0.717) is 6.54 Å². The van der Waals surface area contributed by atoms with Gasteiger partial charge in [0.25, 0.3) is 0 Å². The smallest absolute Gasteiger partial charge is 0.224 e. The average molecular weight is 288 g/mol. The zero-order valence-corrected chi connectivity index (χ0v) is 12.9. The maximum atomic E-state index is 11.9. The van der Waals surface area contributed by atoms with Gasteiger partial charge < -0.3 is 15.0 Å². The molecule has 0 saturated carbocycles. The lowest BCUT2D eigenvalue weighted by Gasteiger charge is -2.33. The van der Waals surface area contributed by atoms with Crippen LogP contribution in [0.4, 0.5) is 5.69 Å². The highest BCUT2D eigenvalue weighted by Crippen LogP contribution is 2.35. The van der Waals surface area contributed by atoms with Crippen LogP contribution in [0.1, 0.15) is 32.3 Å². The summed E-state index contributed by atoms with van der Waals surface area (Å²) in [4.78, 5) is 13.7. The lowest BCUT2D eigenvalue weighted by molar-refractivity contribution is -0.117. The second-order valence-electron chi connectivity index (χ2n) is 6.26. The molecule has 0 spiro atoms. The molecule has 4 nitrogen and oxygen atoms in total. The number of rotatable bonds is 2. The topological polar surface area (TPSA) is 41.6 Å². The van der Waals surface area contributed by atoms with Gasteiger partial charge in [-0.05, 0) is 62.9 Å². The number of benzene rings is 1. The first-order valence-electron chi connectivity index (χ1n) is 7.92. The molecule has 114 valence electrons. The molecule has 1 N–H and O–H groups in total. The number of ether oxygens (including phenoxy) is 1. The van der Waals surface area contributed by atoms with Crippen molar-refractivity contribution in [1.82, 2.24) is 5.32 Å². The molecule has 0 aliphatic carbocycles. The molecular weight excluding hydrogens is 264 g/mol. The highest BCUT2D eigenvalue weighted by molar-refractivity contribution is 5.93. The number of piperidine rings is 1. The number of carbonyl (C=O) groups excluding carboxylic acids is 1. The quantitative estimate of drug-likeness (QED) is 0.908. The van der Waals surface area contributed by atoms with Crippen LogP contribution in [0.3, 0.4) is 0 Å². The Balaban J connectivity index is 1.81. The van der Waals surface area contributed by atoms with Crippen LogP contribution >= 0.6 is 0 Å². The zero-order chi connectivity index (χ0) is 14.8. The minimum Gasteiger partial charge on any atom is -0.487 e. The zero-order valence-electron chi connectivity index (χ0n) is 12.9. The van der Waals surface area contributed by atoms with Crippen LogP contribution < -0.4 is 15.0 Å². The maximum Gasteiger partial charge on any atom is 0.224 e. The standard InChI is InChI=1S/C17H24N2O2/c1-12-11-19(13(2)20)16-10-15(3-4-17(16)21-12)9-14-5-7-18-8-6-14/h3-4,10,12,14,18H,5-9,11H2,1-2H3. The van der Waals surface area contributed by atoms with E-state index < -0.39 is 0 Å². The van der Waals surface area contributed by atoms with Gasteiger partial charge in [-0.3, -0.25) is 4.79 Å². The molecular formula is C17H24N2O2. The number of carbonyl (C=O) groups is 1. The van der Waals surface area contributed by atoms with E-state index in [4.69, 9.17) is 4.74 Å². The van der Waals surface area contributed by atoms with Crippen LogP contribution in [0.15, 0.2) is 18.2 Å². The fourth-order valence-corrected chi connectivity index (χ4v) is 3.33. The first kappa shape index (κ1) is 14.4. The van der Waals surface area contributed by atoms with E-state index in [-0.39, 0.29) is 12.0 Å². The van der Waals surface area contributed by atoms with E-state index >= 15 is 0 Å². The lowest BCUT2D eigenvalue weighted by Crippen LogP contribution is -2.41. The molecule has 0 radical (unpaired) electrons. The molecule has 4 heteroatoms. The predicted molar refractivity (Wildman–Crippen MR) is 83.9 cm³/mol. The highest BCUT2D eigenvalue weighted by atomic mass is 16.5. The van der Waals surface area contributed by atoms with Crippen molar-refractivity contribution in [1.29, 1.82) is 0 Å². The summed E-state index contributed by atoms with van der Waals surface area (Å²) in [6.07, 6.45) is 3.62. The summed E-state index contributed by atoms with van der Waals surface area (Å²) in [6, 6.07) is 6.32. The van der Waals surface area contributed by atoms with Crippen molar-refractivity contribution in [2.75, 3.05) is 24.5 Å². The molecule has 1 amide bonds. The Bertz CT molecular complexity index is 524. The molecule has 0 aromatic heterocycles. The molecule has 1 aromatic carbocycles. The molecule has 1 aromatic rings. The Kier molecular flexibility index (Phi) is 4.15. The van der Waals surface area contributed by atoms with Gasteiger partial charge in [-0.15, -0.1) is 0 Å². The number of nitrogens with one attached hydrogen (secondary N) is 1. The highest BCUT2D eigenvalue weighted by Gasteiger charge is 2.26. The van der Waals surface area contributed by atoms with Gasteiger partial charge in [0.2, 0.25) is 5.91 Å². The van der Waals surface area contributed by atoms with Crippen LogP contribution in [-0.2, 0) is 11.2 Å². The Morgan fingerprint density at radius 1 is 1.38 bits per heavy atom. The third-order valence-electron chi connectivity index (χ3n) is 4.45. The molecule has 2 heterocycles. The van der Waals surface area contributed by atoms with Crippen molar-refractivity contribution >= 4 is 11.6 Å². The molecule has 2 aliphatic heterocycles. The number of amides is 1. The number of anilines is 1. The van der Waals surface area contributed by atoms with Gasteiger partial charge in [0.1, 0.15) is 11.9 Å². The molecule has 0 bridgehead atoms. The van der Waals surface area contributed by atoms with Crippen molar-refractivity contribution in [2.24, 2.45) is 5.92 Å². The fourth-order valence-electron chi connectivity index (χ4n) is 3.33. The number of fused-ring (bicyclic) bond motifs is 1. The van der Waals surface area contributed by atoms with E-state index in [0.717, 1.165) is 36.9 Å². The van der Waals surface area contributed by atoms with Crippen molar-refractivity contribution in [3.05, 3.63) is 23.8 Å². The van der Waals surface area contributed by atoms with Crippen LogP contribution in [0, 0.1) is 5.92 Å². The van der Waals surface area contributed by atoms with E-state index in [1.54, 1.807) is 6.92 Å². The number of hydrogen-bond acceptors (Lipinski definition) is 3. The second-order valence-corrected chi connectivity index (χ2v) is 6.26. The largest absolute Gasteiger partial charge is 0.487 e. The third-order valence-corrected chi connectivity index (χ3v) is 4.45. The van der Waals surface area contributed by atoms with Crippen LogP contribution in [-0.4, -0.2) is 31.6 Å². The normalized spacial score (nSPS) is 22.6. The Hall–Kier alpha value is -1.55. The van der Waals surface area contributed by atoms with Gasteiger partial charge in [0, 0.05) is 6.92 Å². The van der Waals surface area contributed by atoms with Gasteiger partial charge in [-0.2, -0.15) is 0 Å². The molecule has 3 rings (SSSR count). The Morgan fingerprint density at radius 3 is 2.86 bits per heavy atom. The van der Waals surface area contributed by atoms with E-state index in [9.17, 15) is 4.79 Å². The van der Waals surface area contributed by atoms with Gasteiger partial charge in [-0.1, -0.05) is 6.07 Å². The lowest BCUT2D eigenvalue weighted by atomic mass is 9.90. The molecule has 21 heavy (non-hydrogen) atoms. The summed E-state index contributed by atoms with van der Waals surface area (Å²) in [5.74, 6) is 1.67. The summed E-state index contributed by atoms with van der Waals surface area (Å²) < 4.78 is 5.85. The van der Waals surface area contributed by atoms with Gasteiger partial charge in [0.15, 0.2) is 0 Å². The van der Waals surface area contributed by atoms with Gasteiger partial charge in [0.05, 0.1) is 12.2 Å². The van der Waals surface area contributed by atoms with Crippen molar-refractivity contribution in [3.63, 3.8) is 0 Å². The fraction of sp³-hybridized carbons (Fsp3) is 0.588. The van der Waals surface area contributed by atoms with Crippen LogP contribution in [0.5, 0.6) is 5.75 Å². The van der Waals surface area contributed by atoms with Crippen LogP contribution in [0.25, 0.3) is 0 Å². The summed E-state index contributed by atoms with van der Waals surface area (Å²) >= 11 is 0. The van der Waals surface area contributed by atoms with Crippen molar-refractivity contribution in [3.8, 4) is 5.75 Å². The third kappa shape index (κ3) is 3.21. The Morgan fingerprint density at radius 2 is 2.14 bits per heavy atom. The SMILES string of the molecule is CC(=O)N1CC(C)Oc2ccc(CC3CCNCC3)cc21. The molecule has 1 unspecified atom stereocenters. The first-order valence-corrected chi connectivity index (χ1v) is 7.92.